The molecule has 30 heavy (non-hydrogen) atoms. The van der Waals surface area contributed by atoms with E-state index in [4.69, 9.17) is 14.2 Å². The Morgan fingerprint density at radius 3 is 2.60 bits per heavy atom. The number of rotatable bonds is 8. The second-order valence-corrected chi connectivity index (χ2v) is 6.77. The molecule has 1 atom stereocenters. The van der Waals surface area contributed by atoms with Gasteiger partial charge >= 0.3 is 0 Å². The van der Waals surface area contributed by atoms with Crippen molar-refractivity contribution < 1.29 is 24.1 Å². The third kappa shape index (κ3) is 5.35. The lowest BCUT2D eigenvalue weighted by molar-refractivity contribution is -0.131. The third-order valence-electron chi connectivity index (χ3n) is 4.91. The van der Waals surface area contributed by atoms with Gasteiger partial charge in [0.05, 0.1) is 33.1 Å². The van der Waals surface area contributed by atoms with Crippen molar-refractivity contribution in [3.8, 4) is 5.75 Å². The number of hydrazone groups is 1. The molecule has 2 aromatic carbocycles. The van der Waals surface area contributed by atoms with Gasteiger partial charge in [0.1, 0.15) is 5.75 Å². The largest absolute Gasteiger partial charge is 0.496 e. The summed E-state index contributed by atoms with van der Waals surface area (Å²) >= 11 is 0. The van der Waals surface area contributed by atoms with E-state index < -0.39 is 6.10 Å². The van der Waals surface area contributed by atoms with Crippen molar-refractivity contribution in [3.63, 3.8) is 0 Å². The maximum atomic E-state index is 12.5. The minimum atomic E-state index is -0.773. The molecular formula is C22H27N3O5. The third-order valence-corrected chi connectivity index (χ3v) is 4.91. The molecule has 1 fully saturated rings. The molecule has 0 saturated carbocycles. The van der Waals surface area contributed by atoms with Crippen LogP contribution >= 0.6 is 0 Å². The highest BCUT2D eigenvalue weighted by molar-refractivity contribution is 5.85. The number of benzene rings is 2. The number of anilines is 1. The van der Waals surface area contributed by atoms with Crippen LogP contribution in [0.2, 0.25) is 0 Å². The molecule has 1 heterocycles. The van der Waals surface area contributed by atoms with Gasteiger partial charge in [0.15, 0.2) is 6.10 Å². The highest BCUT2D eigenvalue weighted by Crippen LogP contribution is 2.22. The summed E-state index contributed by atoms with van der Waals surface area (Å²) in [4.78, 5) is 14.8. The van der Waals surface area contributed by atoms with E-state index in [-0.39, 0.29) is 12.5 Å². The fourth-order valence-electron chi connectivity index (χ4n) is 3.31. The molecular weight excluding hydrogens is 386 g/mol. The van der Waals surface area contributed by atoms with Gasteiger partial charge in [0.2, 0.25) is 0 Å². The highest BCUT2D eigenvalue weighted by Gasteiger charge is 2.20. The number of morpholine rings is 1. The predicted octanol–water partition coefficient (Wildman–Crippen LogP) is 1.86. The van der Waals surface area contributed by atoms with E-state index in [9.17, 15) is 9.90 Å². The number of nitrogens with zero attached hydrogens (tertiary/aromatic N) is 2. The number of methoxy groups -OCH3 is 2. The molecule has 0 aromatic heterocycles. The van der Waals surface area contributed by atoms with Gasteiger partial charge in [-0.05, 0) is 41.5 Å². The first-order valence-corrected chi connectivity index (χ1v) is 9.72. The number of nitrogens with one attached hydrogen (secondary N) is 1. The average Bonchev–Trinajstić information content (AvgIpc) is 2.80. The van der Waals surface area contributed by atoms with E-state index in [2.05, 4.69) is 15.4 Å². The Morgan fingerprint density at radius 2 is 1.97 bits per heavy atom. The number of hydrogen-bond acceptors (Lipinski definition) is 7. The molecule has 3 rings (SSSR count). The molecule has 1 amide bonds. The second kappa shape index (κ2) is 10.7. The minimum absolute atomic E-state index is 0.149. The van der Waals surface area contributed by atoms with Crippen molar-refractivity contribution in [2.24, 2.45) is 5.10 Å². The van der Waals surface area contributed by atoms with Gasteiger partial charge in [-0.15, -0.1) is 0 Å². The van der Waals surface area contributed by atoms with Gasteiger partial charge in [-0.25, -0.2) is 5.43 Å². The molecule has 0 radical (unpaired) electrons. The molecule has 0 aliphatic carbocycles. The number of aliphatic hydroxyl groups is 1. The molecule has 0 spiro atoms. The fourth-order valence-corrected chi connectivity index (χ4v) is 3.31. The lowest BCUT2D eigenvalue weighted by atomic mass is 10.1. The Balaban J connectivity index is 1.62. The topological polar surface area (TPSA) is 92.6 Å². The smallest absolute Gasteiger partial charge is 0.273 e. The molecule has 8 heteroatoms. The summed E-state index contributed by atoms with van der Waals surface area (Å²) in [5.41, 5.74) is 5.71. The van der Waals surface area contributed by atoms with Crippen LogP contribution in [0.4, 0.5) is 5.69 Å². The summed E-state index contributed by atoms with van der Waals surface area (Å²) in [7, 11) is 3.03. The summed E-state index contributed by atoms with van der Waals surface area (Å²) in [5, 5.41) is 13.4. The summed E-state index contributed by atoms with van der Waals surface area (Å²) in [6.45, 7) is 2.99. The molecule has 2 N–H and O–H groups in total. The van der Waals surface area contributed by atoms with E-state index in [0.717, 1.165) is 43.1 Å². The maximum Gasteiger partial charge on any atom is 0.273 e. The van der Waals surface area contributed by atoms with Gasteiger partial charge < -0.3 is 24.2 Å². The van der Waals surface area contributed by atoms with Crippen LogP contribution in [0.1, 0.15) is 22.8 Å². The predicted molar refractivity (Wildman–Crippen MR) is 114 cm³/mol. The number of ether oxygens (including phenoxy) is 3. The fraction of sp³-hybridized carbons (Fsp3) is 0.364. The van der Waals surface area contributed by atoms with E-state index in [1.807, 2.05) is 24.3 Å². The molecule has 0 bridgehead atoms. The molecule has 1 unspecified atom stereocenters. The monoisotopic (exact) mass is 413 g/mol. The highest BCUT2D eigenvalue weighted by atomic mass is 16.5. The first-order chi connectivity index (χ1) is 14.7. The Bertz CT molecular complexity index is 864. The standard InChI is InChI=1S/C22H27N3O5/c1-28-20-8-3-16(13-18(20)15-26)14-23-24-22(27)21(29-2)17-4-6-19(7-5-17)25-9-11-30-12-10-25/h3-8,13-14,21,26H,9-12,15H2,1-2H3,(H,24,27). The molecule has 1 aliphatic rings. The summed E-state index contributed by atoms with van der Waals surface area (Å²) in [6.07, 6.45) is 0.731. The summed E-state index contributed by atoms with van der Waals surface area (Å²) in [5.74, 6) is 0.224. The number of aliphatic hydroxyl groups excluding tert-OH is 1. The van der Waals surface area contributed by atoms with Crippen LogP contribution in [0.5, 0.6) is 5.75 Å². The van der Waals surface area contributed by atoms with E-state index in [1.165, 1.54) is 13.3 Å². The van der Waals surface area contributed by atoms with Gasteiger partial charge in [-0.3, -0.25) is 4.79 Å². The molecule has 2 aromatic rings. The molecule has 160 valence electrons. The zero-order valence-electron chi connectivity index (χ0n) is 17.2. The Kier molecular flexibility index (Phi) is 7.78. The van der Waals surface area contributed by atoms with Crippen molar-refractivity contribution in [3.05, 3.63) is 59.2 Å². The van der Waals surface area contributed by atoms with E-state index >= 15 is 0 Å². The lowest BCUT2D eigenvalue weighted by Gasteiger charge is -2.29. The van der Waals surface area contributed by atoms with Gasteiger partial charge in [-0.2, -0.15) is 5.10 Å². The van der Waals surface area contributed by atoms with Gasteiger partial charge in [0.25, 0.3) is 5.91 Å². The van der Waals surface area contributed by atoms with Crippen LogP contribution in [0, 0.1) is 0 Å². The SMILES string of the molecule is COc1ccc(C=NNC(=O)C(OC)c2ccc(N3CCOCC3)cc2)cc1CO. The molecule has 1 saturated heterocycles. The van der Waals surface area contributed by atoms with Gasteiger partial charge in [0, 0.05) is 31.5 Å². The van der Waals surface area contributed by atoms with Crippen LogP contribution in [-0.4, -0.2) is 57.8 Å². The van der Waals surface area contributed by atoms with Gasteiger partial charge in [-0.1, -0.05) is 12.1 Å². The van der Waals surface area contributed by atoms with Crippen molar-refractivity contribution >= 4 is 17.8 Å². The molecule has 1 aliphatic heterocycles. The van der Waals surface area contributed by atoms with Crippen molar-refractivity contribution in [1.82, 2.24) is 5.43 Å². The average molecular weight is 413 g/mol. The van der Waals surface area contributed by atoms with E-state index in [0.29, 0.717) is 11.3 Å². The van der Waals surface area contributed by atoms with Crippen LogP contribution in [0.3, 0.4) is 0 Å². The number of carbonyl (C=O) groups excluding carboxylic acids is 1. The Labute approximate surface area is 176 Å². The quantitative estimate of drug-likeness (QED) is 0.507. The minimum Gasteiger partial charge on any atom is -0.496 e. The first-order valence-electron chi connectivity index (χ1n) is 9.72. The first kappa shape index (κ1) is 21.8. The van der Waals surface area contributed by atoms with Crippen molar-refractivity contribution in [2.75, 3.05) is 45.4 Å². The summed E-state index contributed by atoms with van der Waals surface area (Å²) < 4.78 is 15.9. The van der Waals surface area contributed by atoms with E-state index in [1.54, 1.807) is 25.3 Å². The van der Waals surface area contributed by atoms with Crippen LogP contribution in [0.25, 0.3) is 0 Å². The van der Waals surface area contributed by atoms with Crippen LogP contribution in [0.15, 0.2) is 47.6 Å². The normalized spacial score (nSPS) is 15.2. The zero-order chi connectivity index (χ0) is 21.3. The van der Waals surface area contributed by atoms with Crippen molar-refractivity contribution in [1.29, 1.82) is 0 Å². The molecule has 8 nitrogen and oxygen atoms in total. The number of carbonyl (C=O) groups is 1. The lowest BCUT2D eigenvalue weighted by Crippen LogP contribution is -2.36. The zero-order valence-corrected chi connectivity index (χ0v) is 17.2. The van der Waals surface area contributed by atoms with Crippen LogP contribution in [-0.2, 0) is 20.9 Å². The Morgan fingerprint density at radius 1 is 1.23 bits per heavy atom. The second-order valence-electron chi connectivity index (χ2n) is 6.77. The van der Waals surface area contributed by atoms with Crippen LogP contribution < -0.4 is 15.1 Å². The Hall–Kier alpha value is -2.94. The summed E-state index contributed by atoms with van der Waals surface area (Å²) in [6, 6.07) is 13.0. The maximum absolute atomic E-state index is 12.5. The van der Waals surface area contributed by atoms with Crippen molar-refractivity contribution in [2.45, 2.75) is 12.7 Å². The number of hydrogen-bond donors (Lipinski definition) is 2. The number of amides is 1.